The Morgan fingerprint density at radius 2 is 1.52 bits per heavy atom. The lowest BCUT2D eigenvalue weighted by Crippen LogP contribution is -2.38. The zero-order valence-corrected chi connectivity index (χ0v) is 12.6. The van der Waals surface area contributed by atoms with Crippen LogP contribution in [0.15, 0.2) is 30.4 Å². The fourth-order valence-corrected chi connectivity index (χ4v) is 4.36. The van der Waals surface area contributed by atoms with Crippen LogP contribution in [0.25, 0.3) is 0 Å². The number of allylic oxidation sites excluding steroid dienone is 2. The van der Waals surface area contributed by atoms with Crippen LogP contribution in [0.4, 0.5) is 5.69 Å². The summed E-state index contributed by atoms with van der Waals surface area (Å²) in [4.78, 5) is 26.8. The van der Waals surface area contributed by atoms with Gasteiger partial charge in [-0.3, -0.25) is 9.59 Å². The molecule has 3 aliphatic carbocycles. The standard InChI is InChI=1S/C16H13Cl2NO2/c17-10-2-1-3-11(14(10)18)19-15(20)12-8-4-5-9(7-6-8)13(12)16(19)21/h1-5,8-9,12-13H,6-7H2/t8-,9-,12+,13+/m0/s1. The number of amides is 2. The number of hydrogen-bond donors (Lipinski definition) is 0. The van der Waals surface area contributed by atoms with E-state index in [9.17, 15) is 9.59 Å². The summed E-state index contributed by atoms with van der Waals surface area (Å²) >= 11 is 12.2. The second kappa shape index (κ2) is 4.59. The van der Waals surface area contributed by atoms with Gasteiger partial charge >= 0.3 is 0 Å². The Hall–Kier alpha value is -1.32. The molecule has 2 bridgehead atoms. The Kier molecular flexibility index (Phi) is 2.92. The predicted octanol–water partition coefficient (Wildman–Crippen LogP) is 3.70. The summed E-state index contributed by atoms with van der Waals surface area (Å²) in [7, 11) is 0. The van der Waals surface area contributed by atoms with E-state index in [-0.39, 0.29) is 40.5 Å². The molecule has 21 heavy (non-hydrogen) atoms. The van der Waals surface area contributed by atoms with Crippen molar-refractivity contribution in [3.05, 3.63) is 40.4 Å². The molecule has 4 atom stereocenters. The summed E-state index contributed by atoms with van der Waals surface area (Å²) in [6.07, 6.45) is 6.17. The van der Waals surface area contributed by atoms with Gasteiger partial charge in [0.05, 0.1) is 27.6 Å². The third-order valence-corrected chi connectivity index (χ3v) is 5.74. The summed E-state index contributed by atoms with van der Waals surface area (Å²) in [5, 5.41) is 0.616. The quantitative estimate of drug-likeness (QED) is 0.584. The lowest BCUT2D eigenvalue weighted by molar-refractivity contribution is -0.124. The molecule has 3 nitrogen and oxygen atoms in total. The van der Waals surface area contributed by atoms with Crippen LogP contribution in [0.3, 0.4) is 0 Å². The first kappa shape index (κ1) is 13.4. The molecule has 2 fully saturated rings. The zero-order chi connectivity index (χ0) is 14.7. The molecule has 5 heteroatoms. The SMILES string of the molecule is O=C1[C@H]2[C@H](C(=O)N1c1cccc(Cl)c1Cl)[C@H]1C=C[C@H]2CC1. The lowest BCUT2D eigenvalue weighted by atomic mass is 9.63. The summed E-state index contributed by atoms with van der Waals surface area (Å²) in [5.41, 5.74) is 0.410. The van der Waals surface area contributed by atoms with Gasteiger partial charge in [-0.15, -0.1) is 0 Å². The van der Waals surface area contributed by atoms with E-state index in [1.165, 1.54) is 4.90 Å². The van der Waals surface area contributed by atoms with Crippen molar-refractivity contribution in [1.29, 1.82) is 0 Å². The zero-order valence-electron chi connectivity index (χ0n) is 11.1. The van der Waals surface area contributed by atoms with E-state index >= 15 is 0 Å². The van der Waals surface area contributed by atoms with Gasteiger partial charge in [0.1, 0.15) is 0 Å². The Balaban J connectivity index is 1.81. The van der Waals surface area contributed by atoms with Gasteiger partial charge in [-0.1, -0.05) is 41.4 Å². The van der Waals surface area contributed by atoms with Gasteiger partial charge in [-0.25, -0.2) is 4.90 Å². The maximum atomic E-state index is 12.8. The number of fused-ring (bicyclic) bond motifs is 1. The number of nitrogens with zero attached hydrogens (tertiary/aromatic N) is 1. The minimum absolute atomic E-state index is 0.131. The van der Waals surface area contributed by atoms with Crippen LogP contribution < -0.4 is 4.90 Å². The monoisotopic (exact) mass is 321 g/mol. The summed E-state index contributed by atoms with van der Waals surface area (Å²) in [5.74, 6) is -0.354. The summed E-state index contributed by atoms with van der Waals surface area (Å²) < 4.78 is 0. The van der Waals surface area contributed by atoms with Crippen LogP contribution in [-0.2, 0) is 9.59 Å². The number of imide groups is 1. The summed E-state index contributed by atoms with van der Waals surface area (Å²) in [6, 6.07) is 5.03. The van der Waals surface area contributed by atoms with Crippen molar-refractivity contribution in [2.75, 3.05) is 4.90 Å². The first-order valence-electron chi connectivity index (χ1n) is 7.09. The van der Waals surface area contributed by atoms with Crippen molar-refractivity contribution in [1.82, 2.24) is 0 Å². The number of hydrogen-bond acceptors (Lipinski definition) is 2. The molecule has 0 radical (unpaired) electrons. The second-order valence-corrected chi connectivity index (χ2v) is 6.71. The molecule has 0 spiro atoms. The summed E-state index contributed by atoms with van der Waals surface area (Å²) in [6.45, 7) is 0. The Morgan fingerprint density at radius 3 is 2.05 bits per heavy atom. The first-order chi connectivity index (χ1) is 10.1. The van der Waals surface area contributed by atoms with Crippen molar-refractivity contribution in [2.45, 2.75) is 12.8 Å². The second-order valence-electron chi connectivity index (χ2n) is 5.93. The smallest absolute Gasteiger partial charge is 0.238 e. The Bertz CT molecular complexity index is 653. The Morgan fingerprint density at radius 1 is 0.952 bits per heavy atom. The molecule has 1 heterocycles. The highest BCUT2D eigenvalue weighted by Crippen LogP contribution is 2.51. The highest BCUT2D eigenvalue weighted by molar-refractivity contribution is 6.44. The van der Waals surface area contributed by atoms with E-state index in [4.69, 9.17) is 23.2 Å². The maximum absolute atomic E-state index is 12.8. The number of anilines is 1. The molecule has 0 N–H and O–H groups in total. The van der Waals surface area contributed by atoms with Gasteiger partial charge in [0, 0.05) is 0 Å². The van der Waals surface area contributed by atoms with E-state index < -0.39 is 0 Å². The molecule has 2 amide bonds. The Labute approximate surface area is 132 Å². The molecular weight excluding hydrogens is 309 g/mol. The third kappa shape index (κ3) is 1.74. The van der Waals surface area contributed by atoms with Crippen molar-refractivity contribution < 1.29 is 9.59 Å². The van der Waals surface area contributed by atoms with Crippen molar-refractivity contribution >= 4 is 40.7 Å². The highest BCUT2D eigenvalue weighted by Gasteiger charge is 2.57. The number of halogens is 2. The fourth-order valence-electron chi connectivity index (χ4n) is 3.98. The molecule has 0 unspecified atom stereocenters. The van der Waals surface area contributed by atoms with E-state index in [1.807, 2.05) is 0 Å². The minimum atomic E-state index is -0.226. The molecule has 1 aliphatic heterocycles. The number of carbonyl (C=O) groups is 2. The highest BCUT2D eigenvalue weighted by atomic mass is 35.5. The molecule has 1 aromatic rings. The van der Waals surface area contributed by atoms with Crippen LogP contribution in [-0.4, -0.2) is 11.8 Å². The van der Waals surface area contributed by atoms with E-state index in [0.717, 1.165) is 12.8 Å². The van der Waals surface area contributed by atoms with Crippen molar-refractivity contribution in [3.63, 3.8) is 0 Å². The number of rotatable bonds is 1. The van der Waals surface area contributed by atoms with Crippen LogP contribution in [0, 0.1) is 23.7 Å². The number of benzene rings is 1. The largest absolute Gasteiger partial charge is 0.274 e. The number of carbonyl (C=O) groups excluding carboxylic acids is 2. The minimum Gasteiger partial charge on any atom is -0.274 e. The van der Waals surface area contributed by atoms with Crippen LogP contribution in [0.2, 0.25) is 10.0 Å². The molecule has 1 saturated carbocycles. The average molecular weight is 322 g/mol. The molecule has 4 aliphatic rings. The van der Waals surface area contributed by atoms with E-state index in [0.29, 0.717) is 10.7 Å². The molecule has 0 aromatic heterocycles. The van der Waals surface area contributed by atoms with Gasteiger partial charge in [-0.2, -0.15) is 0 Å². The lowest BCUT2D eigenvalue weighted by Gasteiger charge is -2.38. The van der Waals surface area contributed by atoms with Crippen LogP contribution in [0.1, 0.15) is 12.8 Å². The van der Waals surface area contributed by atoms with Crippen LogP contribution >= 0.6 is 23.2 Å². The average Bonchev–Trinajstić information content (AvgIpc) is 2.78. The van der Waals surface area contributed by atoms with Crippen molar-refractivity contribution in [2.24, 2.45) is 23.7 Å². The van der Waals surface area contributed by atoms with Gasteiger partial charge < -0.3 is 0 Å². The normalized spacial score (nSPS) is 33.7. The van der Waals surface area contributed by atoms with E-state index in [1.54, 1.807) is 18.2 Å². The first-order valence-corrected chi connectivity index (χ1v) is 7.85. The predicted molar refractivity (Wildman–Crippen MR) is 81.3 cm³/mol. The molecule has 108 valence electrons. The van der Waals surface area contributed by atoms with E-state index in [2.05, 4.69) is 12.2 Å². The molecular formula is C16H13Cl2NO2. The third-order valence-electron chi connectivity index (χ3n) is 4.93. The van der Waals surface area contributed by atoms with Crippen LogP contribution in [0.5, 0.6) is 0 Å². The topological polar surface area (TPSA) is 37.4 Å². The van der Waals surface area contributed by atoms with Gasteiger partial charge in [0.25, 0.3) is 0 Å². The fraction of sp³-hybridized carbons (Fsp3) is 0.375. The van der Waals surface area contributed by atoms with Gasteiger partial charge in [0.2, 0.25) is 11.8 Å². The molecule has 1 aromatic carbocycles. The molecule has 5 rings (SSSR count). The van der Waals surface area contributed by atoms with Gasteiger partial charge in [0.15, 0.2) is 0 Å². The maximum Gasteiger partial charge on any atom is 0.238 e. The van der Waals surface area contributed by atoms with Crippen molar-refractivity contribution in [3.8, 4) is 0 Å². The van der Waals surface area contributed by atoms with Gasteiger partial charge in [-0.05, 0) is 36.8 Å². The molecule has 1 saturated heterocycles.